The van der Waals surface area contributed by atoms with Crippen molar-refractivity contribution >= 4 is 7.32 Å². The predicted molar refractivity (Wildman–Crippen MR) is 31.0 cm³/mol. The van der Waals surface area contributed by atoms with Gasteiger partial charge in [-0.05, 0) is 6.92 Å². The molecule has 46 valence electrons. The summed E-state index contributed by atoms with van der Waals surface area (Å²) >= 11 is 0. The first kappa shape index (κ1) is 7.68. The standard InChI is InChI=1S/C4H9BO3/c1-2-3-4-8-5(6)7/h2-3,6-7H,4H2,1H3/b3-2+. The lowest BCUT2D eigenvalue weighted by Gasteiger charge is -1.93. The number of hydrogen-bond donors (Lipinski definition) is 2. The summed E-state index contributed by atoms with van der Waals surface area (Å²) in [5, 5.41) is 16.2. The Bertz CT molecular complexity index is 71.7. The Hall–Kier alpha value is -0.315. The van der Waals surface area contributed by atoms with E-state index in [0.29, 0.717) is 0 Å². The average Bonchev–Trinajstić information content (AvgIpc) is 1.66. The van der Waals surface area contributed by atoms with Gasteiger partial charge in [-0.2, -0.15) is 0 Å². The quantitative estimate of drug-likeness (QED) is 0.387. The predicted octanol–water partition coefficient (Wildman–Crippen LogP) is -0.451. The van der Waals surface area contributed by atoms with Crippen molar-refractivity contribution in [2.75, 3.05) is 6.61 Å². The molecule has 0 aliphatic rings. The van der Waals surface area contributed by atoms with E-state index in [0.717, 1.165) is 0 Å². The second-order valence-corrected chi connectivity index (χ2v) is 1.23. The molecule has 0 aromatic heterocycles. The normalized spacial score (nSPS) is 10.4. The fourth-order valence-electron chi connectivity index (χ4n) is 0.238. The van der Waals surface area contributed by atoms with Gasteiger partial charge in [0.15, 0.2) is 0 Å². The van der Waals surface area contributed by atoms with Crippen molar-refractivity contribution in [3.63, 3.8) is 0 Å². The summed E-state index contributed by atoms with van der Waals surface area (Å²) in [4.78, 5) is 0. The molecule has 0 atom stereocenters. The van der Waals surface area contributed by atoms with Gasteiger partial charge in [-0.25, -0.2) is 0 Å². The van der Waals surface area contributed by atoms with E-state index in [-0.39, 0.29) is 6.61 Å². The van der Waals surface area contributed by atoms with E-state index in [4.69, 9.17) is 10.0 Å². The monoisotopic (exact) mass is 116 g/mol. The minimum atomic E-state index is -1.65. The van der Waals surface area contributed by atoms with Crippen LogP contribution in [0.5, 0.6) is 0 Å². The molecule has 8 heavy (non-hydrogen) atoms. The summed E-state index contributed by atoms with van der Waals surface area (Å²) in [5.41, 5.74) is 0. The van der Waals surface area contributed by atoms with Crippen molar-refractivity contribution in [2.24, 2.45) is 0 Å². The van der Waals surface area contributed by atoms with E-state index in [9.17, 15) is 0 Å². The first-order valence-corrected chi connectivity index (χ1v) is 2.36. The van der Waals surface area contributed by atoms with Crippen molar-refractivity contribution in [2.45, 2.75) is 6.92 Å². The van der Waals surface area contributed by atoms with Crippen LogP contribution in [0.15, 0.2) is 12.2 Å². The molecule has 0 spiro atoms. The molecule has 0 aromatic rings. The molecule has 0 saturated carbocycles. The lowest BCUT2D eigenvalue weighted by atomic mass is 10.3. The lowest BCUT2D eigenvalue weighted by molar-refractivity contribution is 0.206. The first-order valence-electron chi connectivity index (χ1n) is 2.36. The largest absolute Gasteiger partial charge is 0.634 e. The van der Waals surface area contributed by atoms with Gasteiger partial charge in [-0.3, -0.25) is 0 Å². The van der Waals surface area contributed by atoms with Crippen molar-refractivity contribution in [1.82, 2.24) is 0 Å². The van der Waals surface area contributed by atoms with Gasteiger partial charge in [0.1, 0.15) is 0 Å². The Morgan fingerprint density at radius 1 is 1.62 bits per heavy atom. The van der Waals surface area contributed by atoms with Crippen LogP contribution in [-0.2, 0) is 4.65 Å². The molecule has 2 N–H and O–H groups in total. The van der Waals surface area contributed by atoms with Gasteiger partial charge in [0, 0.05) is 0 Å². The third-order valence-electron chi connectivity index (χ3n) is 0.577. The van der Waals surface area contributed by atoms with E-state index in [1.54, 1.807) is 12.2 Å². The van der Waals surface area contributed by atoms with Crippen LogP contribution >= 0.6 is 0 Å². The molecule has 4 heteroatoms. The summed E-state index contributed by atoms with van der Waals surface area (Å²) < 4.78 is 4.31. The minimum absolute atomic E-state index is 0.244. The molecule has 0 bridgehead atoms. The fraction of sp³-hybridized carbons (Fsp3) is 0.500. The van der Waals surface area contributed by atoms with Crippen LogP contribution in [-0.4, -0.2) is 24.0 Å². The Morgan fingerprint density at radius 2 is 2.25 bits per heavy atom. The average molecular weight is 116 g/mol. The molecular formula is C4H9BO3. The third-order valence-corrected chi connectivity index (χ3v) is 0.577. The maximum absolute atomic E-state index is 8.08. The summed E-state index contributed by atoms with van der Waals surface area (Å²) in [6.07, 6.45) is 3.45. The number of hydrogen-bond acceptors (Lipinski definition) is 3. The maximum Gasteiger partial charge on any atom is 0.634 e. The summed E-state index contributed by atoms with van der Waals surface area (Å²) in [6.45, 7) is 2.07. The van der Waals surface area contributed by atoms with Gasteiger partial charge in [0.05, 0.1) is 6.61 Å². The highest BCUT2D eigenvalue weighted by Crippen LogP contribution is 1.76. The van der Waals surface area contributed by atoms with Crippen LogP contribution in [0.2, 0.25) is 0 Å². The topological polar surface area (TPSA) is 49.7 Å². The van der Waals surface area contributed by atoms with Gasteiger partial charge in [0.25, 0.3) is 0 Å². The zero-order chi connectivity index (χ0) is 6.41. The molecule has 0 fully saturated rings. The van der Waals surface area contributed by atoms with Crippen molar-refractivity contribution < 1.29 is 14.7 Å². The molecule has 0 amide bonds. The zero-order valence-electron chi connectivity index (χ0n) is 4.74. The van der Waals surface area contributed by atoms with Crippen LogP contribution in [0.25, 0.3) is 0 Å². The number of rotatable bonds is 3. The second-order valence-electron chi connectivity index (χ2n) is 1.23. The van der Waals surface area contributed by atoms with Crippen LogP contribution in [0.4, 0.5) is 0 Å². The smallest absolute Gasteiger partial charge is 0.402 e. The van der Waals surface area contributed by atoms with Crippen molar-refractivity contribution in [1.29, 1.82) is 0 Å². The molecule has 3 nitrogen and oxygen atoms in total. The molecule has 0 unspecified atom stereocenters. The molecule has 0 rings (SSSR count). The van der Waals surface area contributed by atoms with Crippen molar-refractivity contribution in [3.8, 4) is 0 Å². The van der Waals surface area contributed by atoms with E-state index >= 15 is 0 Å². The Kier molecular flexibility index (Phi) is 4.64. The molecular weight excluding hydrogens is 107 g/mol. The second kappa shape index (κ2) is 4.83. The summed E-state index contributed by atoms with van der Waals surface area (Å²) in [7, 11) is -1.65. The summed E-state index contributed by atoms with van der Waals surface area (Å²) in [5.74, 6) is 0. The fourth-order valence-corrected chi connectivity index (χ4v) is 0.238. The first-order chi connectivity index (χ1) is 3.77. The maximum atomic E-state index is 8.08. The minimum Gasteiger partial charge on any atom is -0.402 e. The Labute approximate surface area is 48.8 Å². The van der Waals surface area contributed by atoms with Gasteiger partial charge in [-0.15, -0.1) is 0 Å². The van der Waals surface area contributed by atoms with Crippen LogP contribution in [0.3, 0.4) is 0 Å². The molecule has 0 aliphatic carbocycles. The molecule has 0 saturated heterocycles. The highest BCUT2D eigenvalue weighted by Gasteiger charge is 2.04. The highest BCUT2D eigenvalue weighted by molar-refractivity contribution is 6.32. The SMILES string of the molecule is C/C=C/COB(O)O. The zero-order valence-corrected chi connectivity index (χ0v) is 4.74. The third kappa shape index (κ3) is 5.68. The van der Waals surface area contributed by atoms with Crippen LogP contribution in [0.1, 0.15) is 6.92 Å². The van der Waals surface area contributed by atoms with Crippen LogP contribution in [0, 0.1) is 0 Å². The van der Waals surface area contributed by atoms with Gasteiger partial charge < -0.3 is 14.7 Å². The van der Waals surface area contributed by atoms with E-state index in [1.807, 2.05) is 6.92 Å². The van der Waals surface area contributed by atoms with Gasteiger partial charge >= 0.3 is 7.32 Å². The molecule has 0 radical (unpaired) electrons. The molecule has 0 heterocycles. The summed E-state index contributed by atoms with van der Waals surface area (Å²) in [6, 6.07) is 0. The van der Waals surface area contributed by atoms with E-state index < -0.39 is 7.32 Å². The highest BCUT2D eigenvalue weighted by atomic mass is 16.6. The van der Waals surface area contributed by atoms with Gasteiger partial charge in [-0.1, -0.05) is 12.2 Å². The van der Waals surface area contributed by atoms with E-state index in [1.165, 1.54) is 0 Å². The number of allylic oxidation sites excluding steroid dienone is 1. The lowest BCUT2D eigenvalue weighted by Crippen LogP contribution is -2.16. The van der Waals surface area contributed by atoms with Crippen LogP contribution < -0.4 is 0 Å². The molecule has 0 aliphatic heterocycles. The van der Waals surface area contributed by atoms with Gasteiger partial charge in [0.2, 0.25) is 0 Å². The van der Waals surface area contributed by atoms with E-state index in [2.05, 4.69) is 4.65 Å². The molecule has 0 aromatic carbocycles. The Balaban J connectivity index is 2.93. The van der Waals surface area contributed by atoms with Crippen molar-refractivity contribution in [3.05, 3.63) is 12.2 Å². The Morgan fingerprint density at radius 3 is 2.62 bits per heavy atom.